The van der Waals surface area contributed by atoms with Crippen molar-refractivity contribution in [2.24, 2.45) is 23.3 Å². The van der Waals surface area contributed by atoms with Crippen LogP contribution in [0, 0.1) is 11.8 Å². The molecule has 1 fully saturated rings. The standard InChI is InChI=1S/C37H62N10O13/c1-18(2)14-24(43-28(49)16-38)34(56)45-22(10-12-30(51)52)32(54)40-17-29(50)41-20(5)31(53)44-23(9-11-27(39)48)33(55)42-21(6)36(58)47-13-7-8-26(47)35(57)46-25(37(59)60)15-19(3)4/h18-26H,7-17,38H2,1-6H3,(H2,39,48)(H,40,54)(H,41,50)(H,42,55)(H,43,49)(H,44,53)(H,45,56)(H,46,57)(H,51,52)(H,59,60)/t20-,21-,22-,23-,24-,25-,26-/m0/s1. The third kappa shape index (κ3) is 18.8. The third-order valence-electron chi connectivity index (χ3n) is 9.22. The summed E-state index contributed by atoms with van der Waals surface area (Å²) >= 11 is 0. The predicted octanol–water partition coefficient (Wildman–Crippen LogP) is -3.69. The second-order valence-corrected chi connectivity index (χ2v) is 15.5. The molecule has 0 bridgehead atoms. The minimum atomic E-state index is -1.43. The predicted molar refractivity (Wildman–Crippen MR) is 212 cm³/mol. The van der Waals surface area contributed by atoms with Gasteiger partial charge in [-0.25, -0.2) is 4.79 Å². The van der Waals surface area contributed by atoms with Gasteiger partial charge in [0.05, 0.1) is 13.1 Å². The van der Waals surface area contributed by atoms with E-state index < -0.39 is 127 Å². The van der Waals surface area contributed by atoms with E-state index in [9.17, 15) is 63.0 Å². The summed E-state index contributed by atoms with van der Waals surface area (Å²) in [6, 6.07) is -8.68. The largest absolute Gasteiger partial charge is 0.481 e. The molecule has 60 heavy (non-hydrogen) atoms. The van der Waals surface area contributed by atoms with Gasteiger partial charge in [-0.2, -0.15) is 0 Å². The molecule has 0 saturated carbocycles. The lowest BCUT2D eigenvalue weighted by Gasteiger charge is -2.29. The highest BCUT2D eigenvalue weighted by Crippen LogP contribution is 2.20. The van der Waals surface area contributed by atoms with Gasteiger partial charge in [-0.3, -0.25) is 47.9 Å². The number of nitrogens with zero attached hydrogens (tertiary/aromatic N) is 1. The van der Waals surface area contributed by atoms with Gasteiger partial charge in [-0.05, 0) is 64.2 Å². The summed E-state index contributed by atoms with van der Waals surface area (Å²) in [7, 11) is 0. The first-order valence-electron chi connectivity index (χ1n) is 19.8. The lowest BCUT2D eigenvalue weighted by Crippen LogP contribution is -2.58. The van der Waals surface area contributed by atoms with Crippen LogP contribution in [0.4, 0.5) is 0 Å². The summed E-state index contributed by atoms with van der Waals surface area (Å²) in [5.74, 6) is -9.77. The zero-order chi connectivity index (χ0) is 45.9. The van der Waals surface area contributed by atoms with Gasteiger partial charge in [0, 0.05) is 19.4 Å². The smallest absolute Gasteiger partial charge is 0.326 e. The highest BCUT2D eigenvalue weighted by molar-refractivity contribution is 5.97. The number of likely N-dealkylation sites (tertiary alicyclic amines) is 1. The lowest BCUT2D eigenvalue weighted by molar-refractivity contribution is -0.145. The maximum Gasteiger partial charge on any atom is 0.326 e. The third-order valence-corrected chi connectivity index (χ3v) is 9.22. The van der Waals surface area contributed by atoms with Gasteiger partial charge in [-0.1, -0.05) is 27.7 Å². The molecule has 0 aromatic heterocycles. The van der Waals surface area contributed by atoms with Gasteiger partial charge in [-0.15, -0.1) is 0 Å². The van der Waals surface area contributed by atoms with Gasteiger partial charge >= 0.3 is 11.9 Å². The molecule has 0 unspecified atom stereocenters. The van der Waals surface area contributed by atoms with Crippen molar-refractivity contribution in [2.45, 2.75) is 135 Å². The molecule has 1 rings (SSSR count). The molecule has 13 N–H and O–H groups in total. The second-order valence-electron chi connectivity index (χ2n) is 15.5. The first-order valence-corrected chi connectivity index (χ1v) is 19.8. The van der Waals surface area contributed by atoms with Gasteiger partial charge < -0.3 is 63.8 Å². The minimum Gasteiger partial charge on any atom is -0.481 e. The van der Waals surface area contributed by atoms with E-state index in [1.165, 1.54) is 18.7 Å². The number of hydrogen-bond donors (Lipinski definition) is 11. The van der Waals surface area contributed by atoms with Crippen LogP contribution >= 0.6 is 0 Å². The van der Waals surface area contributed by atoms with Crippen molar-refractivity contribution >= 4 is 65.1 Å². The molecule has 0 aromatic carbocycles. The minimum absolute atomic E-state index is 0.0367. The number of aliphatic carboxylic acids is 2. The van der Waals surface area contributed by atoms with E-state index in [4.69, 9.17) is 11.5 Å². The fourth-order valence-electron chi connectivity index (χ4n) is 6.15. The molecule has 0 aromatic rings. The van der Waals surface area contributed by atoms with Crippen molar-refractivity contribution in [2.75, 3.05) is 19.6 Å². The van der Waals surface area contributed by atoms with Crippen molar-refractivity contribution in [3.63, 3.8) is 0 Å². The lowest BCUT2D eigenvalue weighted by atomic mass is 10.0. The molecular weight excluding hydrogens is 792 g/mol. The molecule has 0 radical (unpaired) electrons. The topological polar surface area (TPSA) is 368 Å². The van der Waals surface area contributed by atoms with E-state index in [-0.39, 0.29) is 56.9 Å². The zero-order valence-electron chi connectivity index (χ0n) is 35.0. The molecule has 23 nitrogen and oxygen atoms in total. The summed E-state index contributed by atoms with van der Waals surface area (Å²) in [6.45, 7) is 8.78. The van der Waals surface area contributed by atoms with Crippen LogP contribution in [0.25, 0.3) is 0 Å². The Kier molecular flexibility index (Phi) is 22.2. The number of amides is 9. The van der Waals surface area contributed by atoms with Gasteiger partial charge in [0.15, 0.2) is 0 Å². The van der Waals surface area contributed by atoms with Crippen LogP contribution in [0.3, 0.4) is 0 Å². The van der Waals surface area contributed by atoms with Gasteiger partial charge in [0.1, 0.15) is 42.3 Å². The molecular formula is C37H62N10O13. The first kappa shape index (κ1) is 52.1. The van der Waals surface area contributed by atoms with E-state index in [1.807, 2.05) is 0 Å². The summed E-state index contributed by atoms with van der Waals surface area (Å²) < 4.78 is 0. The quantitative estimate of drug-likeness (QED) is 0.0399. The number of carbonyl (C=O) groups is 11. The van der Waals surface area contributed by atoms with Crippen molar-refractivity contribution < 1.29 is 63.0 Å². The number of carbonyl (C=O) groups excluding carboxylic acids is 9. The SMILES string of the molecule is CC(C)C[C@H](NC(=O)[C@@H]1CCCN1C(=O)[C@H](C)NC(=O)[C@H](CCC(N)=O)NC(=O)[C@H](C)NC(=O)CNC(=O)[C@H](CCC(=O)O)NC(=O)[C@H](CC(C)C)NC(=O)CN)C(=O)O. The second kappa shape index (κ2) is 25.6. The Bertz CT molecular complexity index is 1590. The van der Waals surface area contributed by atoms with E-state index in [0.717, 1.165) is 0 Å². The maximum atomic E-state index is 13.4. The summed E-state index contributed by atoms with van der Waals surface area (Å²) in [6.07, 6.45) is -0.531. The van der Waals surface area contributed by atoms with Gasteiger partial charge in [0.25, 0.3) is 0 Å². The van der Waals surface area contributed by atoms with E-state index in [0.29, 0.717) is 6.42 Å². The van der Waals surface area contributed by atoms with Crippen LogP contribution in [0.15, 0.2) is 0 Å². The highest BCUT2D eigenvalue weighted by atomic mass is 16.4. The van der Waals surface area contributed by atoms with Gasteiger partial charge in [0.2, 0.25) is 53.2 Å². The fourth-order valence-corrected chi connectivity index (χ4v) is 6.15. The molecule has 9 amide bonds. The van der Waals surface area contributed by atoms with Crippen LogP contribution in [-0.4, -0.2) is 142 Å². The van der Waals surface area contributed by atoms with Crippen molar-refractivity contribution in [3.8, 4) is 0 Å². The molecule has 1 saturated heterocycles. The van der Waals surface area contributed by atoms with Crippen LogP contribution in [0.5, 0.6) is 0 Å². The Morgan fingerprint density at radius 2 is 1.18 bits per heavy atom. The normalized spacial score (nSPS) is 16.6. The Balaban J connectivity index is 2.95. The number of nitrogens with one attached hydrogen (secondary N) is 7. The summed E-state index contributed by atoms with van der Waals surface area (Å²) in [4.78, 5) is 139. The van der Waals surface area contributed by atoms with E-state index >= 15 is 0 Å². The van der Waals surface area contributed by atoms with Crippen molar-refractivity contribution in [1.82, 2.24) is 42.1 Å². The number of rotatable bonds is 26. The Hall–Kier alpha value is -5.87. The number of carboxylic acid groups (broad SMARTS) is 2. The Labute approximate surface area is 348 Å². The summed E-state index contributed by atoms with van der Waals surface area (Å²) in [5.41, 5.74) is 10.6. The number of hydrogen-bond acceptors (Lipinski definition) is 12. The number of nitrogens with two attached hydrogens (primary N) is 2. The van der Waals surface area contributed by atoms with Crippen molar-refractivity contribution in [3.05, 3.63) is 0 Å². The van der Waals surface area contributed by atoms with Crippen molar-refractivity contribution in [1.29, 1.82) is 0 Å². The molecule has 1 aliphatic heterocycles. The number of primary amides is 1. The Morgan fingerprint density at radius 3 is 1.73 bits per heavy atom. The van der Waals surface area contributed by atoms with Crippen LogP contribution in [0.2, 0.25) is 0 Å². The molecule has 1 heterocycles. The summed E-state index contributed by atoms with van der Waals surface area (Å²) in [5, 5.41) is 35.5. The fraction of sp³-hybridized carbons (Fsp3) is 0.703. The van der Waals surface area contributed by atoms with Crippen LogP contribution in [0.1, 0.15) is 92.9 Å². The average Bonchev–Trinajstić information content (AvgIpc) is 3.65. The van der Waals surface area contributed by atoms with E-state index in [1.54, 1.807) is 27.7 Å². The Morgan fingerprint density at radius 1 is 0.633 bits per heavy atom. The molecule has 1 aliphatic rings. The molecule has 0 aliphatic carbocycles. The van der Waals surface area contributed by atoms with E-state index in [2.05, 4.69) is 37.2 Å². The monoisotopic (exact) mass is 854 g/mol. The first-order chi connectivity index (χ1) is 28.0. The van der Waals surface area contributed by atoms with Crippen LogP contribution in [-0.2, 0) is 52.7 Å². The molecule has 7 atom stereocenters. The number of carboxylic acids is 2. The van der Waals surface area contributed by atoms with Crippen LogP contribution < -0.4 is 48.7 Å². The average molecular weight is 855 g/mol. The molecule has 0 spiro atoms. The molecule has 23 heteroatoms. The maximum absolute atomic E-state index is 13.4. The molecule has 338 valence electrons. The zero-order valence-corrected chi connectivity index (χ0v) is 35.0. The highest BCUT2D eigenvalue weighted by Gasteiger charge is 2.38.